The first-order valence-electron chi connectivity index (χ1n) is 8.20. The quantitative estimate of drug-likeness (QED) is 0.497. The van der Waals surface area contributed by atoms with Crippen LogP contribution in [0.15, 0.2) is 49.3 Å². The highest BCUT2D eigenvalue weighted by Gasteiger charge is 2.19. The van der Waals surface area contributed by atoms with Crippen molar-refractivity contribution in [1.82, 2.24) is 25.4 Å². The van der Waals surface area contributed by atoms with E-state index < -0.39 is 11.4 Å². The molecule has 0 aliphatic rings. The molecule has 4 aromatic rings. The molecule has 29 heavy (non-hydrogen) atoms. The zero-order chi connectivity index (χ0) is 20.4. The fourth-order valence-electron chi connectivity index (χ4n) is 2.57. The second kappa shape index (κ2) is 7.20. The van der Waals surface area contributed by atoms with Crippen LogP contribution in [0.3, 0.4) is 0 Å². The van der Waals surface area contributed by atoms with Gasteiger partial charge < -0.3 is 9.63 Å². The molecule has 0 aliphatic carbocycles. The zero-order valence-electron chi connectivity index (χ0n) is 14.8. The van der Waals surface area contributed by atoms with Crippen LogP contribution in [0.4, 0.5) is 5.82 Å². The molecule has 0 saturated heterocycles. The van der Waals surface area contributed by atoms with Crippen molar-refractivity contribution in [2.24, 2.45) is 4.99 Å². The number of nitriles is 1. The Bertz CT molecular complexity index is 1310. The predicted octanol–water partition coefficient (Wildman–Crippen LogP) is 2.11. The number of hydrogen-bond acceptors (Lipinski definition) is 10. The summed E-state index contributed by atoms with van der Waals surface area (Å²) in [5, 5.41) is 30.4. The monoisotopic (exact) mass is 389 g/mol. The van der Waals surface area contributed by atoms with Gasteiger partial charge in [-0.15, -0.1) is 0 Å². The number of nitrogens with zero attached hydrogens (tertiary/aromatic N) is 6. The first-order valence-corrected chi connectivity index (χ1v) is 8.20. The normalized spacial score (nSPS) is 11.0. The molecule has 3 aromatic heterocycles. The Hall–Kier alpha value is -4.59. The molecule has 0 saturated carbocycles. The third kappa shape index (κ3) is 3.26. The molecule has 1 aromatic carbocycles. The van der Waals surface area contributed by atoms with Crippen LogP contribution in [0.5, 0.6) is 5.88 Å². The van der Waals surface area contributed by atoms with Crippen LogP contribution in [-0.4, -0.2) is 36.8 Å². The van der Waals surface area contributed by atoms with Crippen molar-refractivity contribution < 1.29 is 14.3 Å². The van der Waals surface area contributed by atoms with E-state index in [9.17, 15) is 9.90 Å². The lowest BCUT2D eigenvalue weighted by atomic mass is 10.1. The zero-order valence-corrected chi connectivity index (χ0v) is 14.8. The van der Waals surface area contributed by atoms with Gasteiger partial charge in [-0.05, 0) is 34.9 Å². The van der Waals surface area contributed by atoms with E-state index in [0.717, 1.165) is 5.56 Å². The Morgan fingerprint density at radius 3 is 2.79 bits per heavy atom. The second-order valence-corrected chi connectivity index (χ2v) is 5.81. The van der Waals surface area contributed by atoms with E-state index >= 15 is 0 Å². The number of nitrogens with one attached hydrogen (secondary N) is 1. The van der Waals surface area contributed by atoms with Gasteiger partial charge in [0.15, 0.2) is 0 Å². The van der Waals surface area contributed by atoms with Crippen molar-refractivity contribution in [3.8, 4) is 34.9 Å². The molecule has 0 spiro atoms. The molecular weight excluding hydrogens is 378 g/mol. The maximum absolute atomic E-state index is 11.7. The van der Waals surface area contributed by atoms with Crippen LogP contribution < -0.4 is 5.56 Å². The first-order chi connectivity index (χ1) is 14.1. The summed E-state index contributed by atoms with van der Waals surface area (Å²) in [6.07, 6.45) is 1.22. The van der Waals surface area contributed by atoms with Crippen molar-refractivity contribution in [3.05, 3.63) is 57.4 Å². The lowest BCUT2D eigenvalue weighted by Crippen LogP contribution is -2.14. The summed E-state index contributed by atoms with van der Waals surface area (Å²) in [6, 6.07) is 10.9. The molecule has 4 rings (SSSR count). The number of benzene rings is 1. The highest BCUT2D eigenvalue weighted by molar-refractivity contribution is 5.87. The maximum Gasteiger partial charge on any atom is 0.268 e. The summed E-state index contributed by atoms with van der Waals surface area (Å²) in [5.41, 5.74) is 0.437. The number of pyridine rings is 1. The molecule has 142 valence electrons. The topological polar surface area (TPSA) is 167 Å². The van der Waals surface area contributed by atoms with Gasteiger partial charge in [0.2, 0.25) is 23.2 Å². The van der Waals surface area contributed by atoms with Crippen LogP contribution in [-0.2, 0) is 0 Å². The molecule has 0 atom stereocenters. The van der Waals surface area contributed by atoms with Gasteiger partial charge in [-0.25, -0.2) is 9.62 Å². The lowest BCUT2D eigenvalue weighted by molar-refractivity contribution is 0.309. The molecule has 0 bridgehead atoms. The Balaban J connectivity index is 1.69. The Morgan fingerprint density at radius 2 is 2.03 bits per heavy atom. The minimum absolute atomic E-state index is 0.0221. The largest absolute Gasteiger partial charge is 0.494 e. The van der Waals surface area contributed by atoms with Gasteiger partial charge in [0.1, 0.15) is 11.6 Å². The number of hydrogen-bond donors (Lipinski definition) is 2. The van der Waals surface area contributed by atoms with E-state index in [2.05, 4.69) is 30.4 Å². The van der Waals surface area contributed by atoms with Crippen molar-refractivity contribution in [3.63, 3.8) is 0 Å². The van der Waals surface area contributed by atoms with Crippen LogP contribution in [0.2, 0.25) is 0 Å². The minimum Gasteiger partial charge on any atom is -0.494 e. The van der Waals surface area contributed by atoms with Gasteiger partial charge >= 0.3 is 0 Å². The summed E-state index contributed by atoms with van der Waals surface area (Å²) < 4.78 is 9.96. The number of H-pyrrole nitrogens is 1. The minimum atomic E-state index is -0.691. The standard InChI is InChI=1S/C18H11N7O4/c1-9-11(7-19)16(26)22-17(27)12(9)8-20-14-13(23-29-25-14)15-21-18(28-24-15)10-5-3-2-4-6-10/h2-6,8H,1H3,(H2,22,26,27). The van der Waals surface area contributed by atoms with Gasteiger partial charge in [-0.1, -0.05) is 23.4 Å². The Morgan fingerprint density at radius 1 is 1.24 bits per heavy atom. The molecule has 0 amide bonds. The molecule has 0 fully saturated rings. The Labute approximate surface area is 161 Å². The van der Waals surface area contributed by atoms with Crippen LogP contribution in [0.1, 0.15) is 16.7 Å². The Kier molecular flexibility index (Phi) is 4.42. The van der Waals surface area contributed by atoms with E-state index in [4.69, 9.17) is 14.4 Å². The van der Waals surface area contributed by atoms with Crippen molar-refractivity contribution in [2.75, 3.05) is 0 Å². The summed E-state index contributed by atoms with van der Waals surface area (Å²) in [4.78, 5) is 22.2. The SMILES string of the molecule is Cc1c(C=Nc2nonc2-c2noc(-c3ccccc3)n2)c(O)[nH]c(=O)c1C#N. The molecular formula is C18H11N7O4. The van der Waals surface area contributed by atoms with E-state index in [1.165, 1.54) is 13.1 Å². The van der Waals surface area contributed by atoms with Crippen LogP contribution >= 0.6 is 0 Å². The molecule has 11 heteroatoms. The van der Waals surface area contributed by atoms with Crippen molar-refractivity contribution >= 4 is 12.0 Å². The average Bonchev–Trinajstić information content (AvgIpc) is 3.38. The number of aromatic nitrogens is 5. The van der Waals surface area contributed by atoms with Gasteiger partial charge in [-0.3, -0.25) is 9.78 Å². The van der Waals surface area contributed by atoms with Gasteiger partial charge in [-0.2, -0.15) is 10.2 Å². The van der Waals surface area contributed by atoms with Crippen LogP contribution in [0, 0.1) is 18.3 Å². The lowest BCUT2D eigenvalue weighted by Gasteiger charge is -2.03. The predicted molar refractivity (Wildman–Crippen MR) is 98.5 cm³/mol. The van der Waals surface area contributed by atoms with Crippen LogP contribution in [0.25, 0.3) is 23.0 Å². The number of rotatable bonds is 4. The highest BCUT2D eigenvalue weighted by Crippen LogP contribution is 2.27. The summed E-state index contributed by atoms with van der Waals surface area (Å²) in [6.45, 7) is 1.52. The van der Waals surface area contributed by atoms with E-state index in [1.54, 1.807) is 6.07 Å². The van der Waals surface area contributed by atoms with Crippen molar-refractivity contribution in [2.45, 2.75) is 6.92 Å². The maximum atomic E-state index is 11.7. The number of aliphatic imine (C=N–C) groups is 1. The average molecular weight is 389 g/mol. The van der Waals surface area contributed by atoms with Gasteiger partial charge in [0.05, 0.1) is 5.56 Å². The smallest absolute Gasteiger partial charge is 0.268 e. The van der Waals surface area contributed by atoms with Crippen molar-refractivity contribution in [1.29, 1.82) is 5.26 Å². The van der Waals surface area contributed by atoms with E-state index in [1.807, 2.05) is 30.3 Å². The first kappa shape index (κ1) is 17.8. The summed E-state index contributed by atoms with van der Waals surface area (Å²) in [7, 11) is 0. The number of aromatic hydroxyl groups is 1. The second-order valence-electron chi connectivity index (χ2n) is 5.81. The third-order valence-electron chi connectivity index (χ3n) is 4.05. The molecule has 0 aliphatic heterocycles. The molecule has 2 N–H and O–H groups in total. The molecule has 0 unspecified atom stereocenters. The molecule has 3 heterocycles. The third-order valence-corrected chi connectivity index (χ3v) is 4.05. The number of aromatic amines is 1. The van der Waals surface area contributed by atoms with Gasteiger partial charge in [0.25, 0.3) is 11.4 Å². The van der Waals surface area contributed by atoms with E-state index in [-0.39, 0.29) is 39.9 Å². The fraction of sp³-hybridized carbons (Fsp3) is 0.0556. The fourth-order valence-corrected chi connectivity index (χ4v) is 2.57. The highest BCUT2D eigenvalue weighted by atomic mass is 16.6. The summed E-state index contributed by atoms with van der Waals surface area (Å²) in [5.74, 6) is -0.0169. The van der Waals surface area contributed by atoms with E-state index in [0.29, 0.717) is 0 Å². The summed E-state index contributed by atoms with van der Waals surface area (Å²) >= 11 is 0. The molecule has 0 radical (unpaired) electrons. The molecule has 11 nitrogen and oxygen atoms in total. The van der Waals surface area contributed by atoms with Gasteiger partial charge in [0, 0.05) is 11.8 Å².